The van der Waals surface area contributed by atoms with E-state index in [2.05, 4.69) is 4.74 Å². The number of Topliss-reactive ketones (excluding diaryl/α,β-unsaturated/α-hetero) is 1. The second kappa shape index (κ2) is 8.02. The number of aliphatic hydroxyl groups excluding tert-OH is 1. The minimum Gasteiger partial charge on any atom is -0.508 e. The van der Waals surface area contributed by atoms with E-state index in [-0.39, 0.29) is 22.6 Å². The number of rotatable bonds is 7. The average Bonchev–Trinajstić information content (AvgIpc) is 2.44. The summed E-state index contributed by atoms with van der Waals surface area (Å²) in [7, 11) is 0. The van der Waals surface area contributed by atoms with Crippen molar-refractivity contribution in [2.24, 2.45) is 0 Å². The Balaban J connectivity index is 2.91. The van der Waals surface area contributed by atoms with E-state index >= 15 is 0 Å². The van der Waals surface area contributed by atoms with E-state index in [9.17, 15) is 23.5 Å². The number of allylic oxidation sites excluding steroid dienone is 1. The smallest absolute Gasteiger partial charge is 0.387 e. The number of esters is 1. The summed E-state index contributed by atoms with van der Waals surface area (Å²) in [6.45, 7) is -1.34. The molecule has 0 atom stereocenters. The second-order valence-corrected chi connectivity index (χ2v) is 4.45. The lowest BCUT2D eigenvalue weighted by atomic mass is 10.1. The van der Waals surface area contributed by atoms with E-state index in [0.717, 1.165) is 6.92 Å². The molecule has 0 amide bonds. The van der Waals surface area contributed by atoms with Gasteiger partial charge in [0, 0.05) is 5.71 Å². The molecule has 8 heteroatoms. The molecule has 23 heavy (non-hydrogen) atoms. The van der Waals surface area contributed by atoms with Crippen LogP contribution in [0, 0.1) is 5.41 Å². The highest BCUT2D eigenvalue weighted by molar-refractivity contribution is 6.19. The van der Waals surface area contributed by atoms with Gasteiger partial charge in [0.05, 0.1) is 5.57 Å². The third kappa shape index (κ3) is 5.17. The molecule has 0 aliphatic rings. The summed E-state index contributed by atoms with van der Waals surface area (Å²) >= 11 is 0. The molecule has 0 aliphatic heterocycles. The lowest BCUT2D eigenvalue weighted by molar-refractivity contribution is -0.113. The standard InChI is InChI=1S/C15H15F2NO5/c1-8(18)13(9(2)19)11(20)7-22-14(21)10-5-3-4-6-12(10)23-15(16)17/h3-6,15,18,20H,7H2,1-2H3/b13-11-,18-8?. The molecule has 0 saturated heterocycles. The number of alkyl halides is 2. The van der Waals surface area contributed by atoms with Gasteiger partial charge in [0.2, 0.25) is 0 Å². The first-order valence-electron chi connectivity index (χ1n) is 6.43. The van der Waals surface area contributed by atoms with Gasteiger partial charge in [-0.1, -0.05) is 12.1 Å². The van der Waals surface area contributed by atoms with Gasteiger partial charge in [-0.3, -0.25) is 4.79 Å². The largest absolute Gasteiger partial charge is 0.508 e. The Bertz CT molecular complexity index is 639. The zero-order valence-corrected chi connectivity index (χ0v) is 12.4. The summed E-state index contributed by atoms with van der Waals surface area (Å²) < 4.78 is 33.5. The van der Waals surface area contributed by atoms with Crippen molar-refractivity contribution in [2.75, 3.05) is 6.61 Å². The van der Waals surface area contributed by atoms with Crippen LogP contribution in [0.25, 0.3) is 0 Å². The minimum atomic E-state index is -3.11. The molecule has 0 aliphatic carbocycles. The maximum atomic E-state index is 12.3. The molecular formula is C15H15F2NO5. The van der Waals surface area contributed by atoms with E-state index in [4.69, 9.17) is 10.1 Å². The van der Waals surface area contributed by atoms with E-state index < -0.39 is 30.7 Å². The van der Waals surface area contributed by atoms with E-state index in [1.54, 1.807) is 0 Å². The zero-order chi connectivity index (χ0) is 17.6. The Morgan fingerprint density at radius 2 is 1.87 bits per heavy atom. The van der Waals surface area contributed by atoms with E-state index in [1.807, 2.05) is 0 Å². The molecule has 0 fully saturated rings. The fourth-order valence-electron chi connectivity index (χ4n) is 1.80. The van der Waals surface area contributed by atoms with Crippen molar-refractivity contribution in [1.29, 1.82) is 5.41 Å². The second-order valence-electron chi connectivity index (χ2n) is 4.45. The lowest BCUT2D eigenvalue weighted by Crippen LogP contribution is -2.16. The predicted molar refractivity (Wildman–Crippen MR) is 77.1 cm³/mol. The summed E-state index contributed by atoms with van der Waals surface area (Å²) in [5, 5.41) is 17.1. The van der Waals surface area contributed by atoms with Gasteiger partial charge < -0.3 is 20.0 Å². The molecule has 1 aromatic carbocycles. The Morgan fingerprint density at radius 3 is 2.39 bits per heavy atom. The number of para-hydroxylation sites is 1. The minimum absolute atomic E-state index is 0.188. The highest BCUT2D eigenvalue weighted by Crippen LogP contribution is 2.21. The van der Waals surface area contributed by atoms with Crippen LogP contribution < -0.4 is 4.74 Å². The first kappa shape index (κ1) is 18.3. The SMILES string of the molecule is CC(=N)/C(C(C)=O)=C(/O)COC(=O)c1ccccc1OC(F)F. The fraction of sp³-hybridized carbons (Fsp3) is 0.267. The van der Waals surface area contributed by atoms with Gasteiger partial charge in [0.15, 0.2) is 5.78 Å². The average molecular weight is 327 g/mol. The third-order valence-corrected chi connectivity index (χ3v) is 2.68. The molecule has 2 N–H and O–H groups in total. The highest BCUT2D eigenvalue weighted by atomic mass is 19.3. The molecule has 0 aromatic heterocycles. The summed E-state index contributed by atoms with van der Waals surface area (Å²) in [6, 6.07) is 5.21. The highest BCUT2D eigenvalue weighted by Gasteiger charge is 2.19. The van der Waals surface area contributed by atoms with Crippen LogP contribution in [-0.2, 0) is 9.53 Å². The summed E-state index contributed by atoms with van der Waals surface area (Å²) in [5.41, 5.74) is -0.709. The molecule has 6 nitrogen and oxygen atoms in total. The molecule has 0 heterocycles. The maximum Gasteiger partial charge on any atom is 0.387 e. The van der Waals surface area contributed by atoms with Gasteiger partial charge in [-0.05, 0) is 26.0 Å². The van der Waals surface area contributed by atoms with E-state index in [1.165, 1.54) is 31.2 Å². The number of hydrogen-bond donors (Lipinski definition) is 2. The van der Waals surface area contributed by atoms with Crippen LogP contribution >= 0.6 is 0 Å². The summed E-state index contributed by atoms with van der Waals surface area (Å²) in [6.07, 6.45) is 0. The summed E-state index contributed by atoms with van der Waals surface area (Å²) in [4.78, 5) is 23.2. The molecular weight excluding hydrogens is 312 g/mol. The molecule has 124 valence electrons. The Kier molecular flexibility index (Phi) is 6.37. The van der Waals surface area contributed by atoms with Crippen LogP contribution in [0.15, 0.2) is 35.6 Å². The Labute approximate surface area is 130 Å². The number of carbonyl (C=O) groups is 2. The number of hydrogen-bond acceptors (Lipinski definition) is 6. The number of nitrogens with one attached hydrogen (secondary N) is 1. The molecule has 0 bridgehead atoms. The number of benzene rings is 1. The monoisotopic (exact) mass is 327 g/mol. The van der Waals surface area contributed by atoms with Crippen molar-refractivity contribution in [2.45, 2.75) is 20.5 Å². The number of aliphatic hydroxyl groups is 1. The molecule has 0 spiro atoms. The molecule has 1 rings (SSSR count). The Morgan fingerprint density at radius 1 is 1.26 bits per heavy atom. The van der Waals surface area contributed by atoms with E-state index in [0.29, 0.717) is 0 Å². The first-order chi connectivity index (χ1) is 10.7. The van der Waals surface area contributed by atoms with Crippen LogP contribution in [0.5, 0.6) is 5.75 Å². The van der Waals surface area contributed by atoms with Crippen LogP contribution in [0.4, 0.5) is 8.78 Å². The van der Waals surface area contributed by atoms with Gasteiger partial charge in [0.25, 0.3) is 0 Å². The Hall–Kier alpha value is -2.77. The quantitative estimate of drug-likeness (QED) is 0.347. The number of ether oxygens (including phenoxy) is 2. The molecule has 1 aromatic rings. The molecule has 0 saturated carbocycles. The van der Waals surface area contributed by atoms with Crippen LogP contribution in [-0.4, -0.2) is 35.8 Å². The number of ketones is 1. The van der Waals surface area contributed by atoms with Gasteiger partial charge in [-0.2, -0.15) is 8.78 Å². The van der Waals surface area contributed by atoms with Gasteiger partial charge in [-0.15, -0.1) is 0 Å². The predicted octanol–water partition coefficient (Wildman–Crippen LogP) is 2.89. The van der Waals surface area contributed by atoms with Crippen molar-refractivity contribution in [3.63, 3.8) is 0 Å². The van der Waals surface area contributed by atoms with Gasteiger partial charge in [-0.25, -0.2) is 4.79 Å². The normalized spacial score (nSPS) is 11.7. The van der Waals surface area contributed by atoms with Crippen molar-refractivity contribution in [3.05, 3.63) is 41.2 Å². The first-order valence-corrected chi connectivity index (χ1v) is 6.43. The van der Waals surface area contributed by atoms with Crippen molar-refractivity contribution >= 4 is 17.5 Å². The van der Waals surface area contributed by atoms with Crippen molar-refractivity contribution in [1.82, 2.24) is 0 Å². The topological polar surface area (TPSA) is 96.7 Å². The van der Waals surface area contributed by atoms with Crippen molar-refractivity contribution in [3.8, 4) is 5.75 Å². The lowest BCUT2D eigenvalue weighted by Gasteiger charge is -2.11. The number of halogens is 2. The van der Waals surface area contributed by atoms with Crippen LogP contribution in [0.1, 0.15) is 24.2 Å². The number of carbonyl (C=O) groups excluding carboxylic acids is 2. The van der Waals surface area contributed by atoms with Crippen LogP contribution in [0.2, 0.25) is 0 Å². The van der Waals surface area contributed by atoms with Gasteiger partial charge >= 0.3 is 12.6 Å². The maximum absolute atomic E-state index is 12.3. The fourth-order valence-corrected chi connectivity index (χ4v) is 1.80. The van der Waals surface area contributed by atoms with Gasteiger partial charge in [0.1, 0.15) is 23.7 Å². The third-order valence-electron chi connectivity index (χ3n) is 2.68. The van der Waals surface area contributed by atoms with Crippen LogP contribution in [0.3, 0.4) is 0 Å². The van der Waals surface area contributed by atoms with Crippen molar-refractivity contribution < 1.29 is 33.0 Å². The summed E-state index contributed by atoms with van der Waals surface area (Å²) in [5.74, 6) is -2.54. The zero-order valence-electron chi connectivity index (χ0n) is 12.4. The molecule has 0 radical (unpaired) electrons. The molecule has 0 unspecified atom stereocenters.